The minimum absolute atomic E-state index is 0.0466. The maximum Gasteiger partial charge on any atom is 0.303 e. The minimum Gasteiger partial charge on any atom is -0.461 e. The van der Waals surface area contributed by atoms with Gasteiger partial charge in [0.2, 0.25) is 0 Å². The van der Waals surface area contributed by atoms with E-state index in [1.807, 2.05) is 0 Å². The summed E-state index contributed by atoms with van der Waals surface area (Å²) in [5.74, 6) is 2.50. The molecule has 6 fully saturated rings. The minimum atomic E-state index is -0.111. The van der Waals surface area contributed by atoms with Crippen molar-refractivity contribution in [2.45, 2.75) is 135 Å². The fourth-order valence-electron chi connectivity index (χ4n) is 11.7. The van der Waals surface area contributed by atoms with Crippen LogP contribution in [-0.4, -0.2) is 78.8 Å². The Kier molecular flexibility index (Phi) is 7.85. The summed E-state index contributed by atoms with van der Waals surface area (Å²) in [6.45, 7) is 13.1. The van der Waals surface area contributed by atoms with Crippen molar-refractivity contribution < 1.29 is 23.5 Å². The van der Waals surface area contributed by atoms with Gasteiger partial charge in [-0.25, -0.2) is 0 Å². The molecular weight excluding hydrogens is 500 g/mol. The Morgan fingerprint density at radius 3 is 2.15 bits per heavy atom. The molecule has 6 nitrogen and oxygen atoms in total. The van der Waals surface area contributed by atoms with E-state index >= 15 is 0 Å². The van der Waals surface area contributed by atoms with Gasteiger partial charge in [-0.3, -0.25) is 14.5 Å². The average Bonchev–Trinajstić information content (AvgIpc) is 3.21. The fraction of sp³-hybridized carbons (Fsp3) is 0.941. The van der Waals surface area contributed by atoms with Gasteiger partial charge in [0.15, 0.2) is 6.10 Å². The van der Waals surface area contributed by atoms with Crippen LogP contribution in [0.1, 0.15) is 111 Å². The van der Waals surface area contributed by atoms with E-state index in [1.165, 1.54) is 90.1 Å². The van der Waals surface area contributed by atoms with Crippen LogP contribution in [0, 0.1) is 34.5 Å². The number of rotatable bonds is 4. The van der Waals surface area contributed by atoms with Gasteiger partial charge in [-0.2, -0.15) is 0 Å². The second-order valence-electron chi connectivity index (χ2n) is 15.8. The summed E-state index contributed by atoms with van der Waals surface area (Å²) < 4.78 is 13.5. The second-order valence-corrected chi connectivity index (χ2v) is 15.8. The molecule has 4 aliphatic carbocycles. The molecule has 0 aromatic heterocycles. The first kappa shape index (κ1) is 29.0. The number of likely N-dealkylation sites (tertiary alicyclic amines) is 2. The molecule has 0 aromatic rings. The molecule has 4 saturated carbocycles. The first-order valence-electron chi connectivity index (χ1n) is 17.0. The largest absolute Gasteiger partial charge is 0.461 e. The van der Waals surface area contributed by atoms with Gasteiger partial charge in [0.1, 0.15) is 12.1 Å². The maximum absolute atomic E-state index is 12.5. The summed E-state index contributed by atoms with van der Waals surface area (Å²) >= 11 is 0. The Morgan fingerprint density at radius 1 is 0.800 bits per heavy atom. The number of likely N-dealkylation sites (N-methyl/N-ethyl adjacent to an activating group) is 1. The molecule has 0 radical (unpaired) electrons. The first-order chi connectivity index (χ1) is 19.0. The summed E-state index contributed by atoms with van der Waals surface area (Å²) in [4.78, 5) is 27.4. The van der Waals surface area contributed by atoms with E-state index in [0.717, 1.165) is 29.9 Å². The molecule has 0 aromatic carbocycles. The smallest absolute Gasteiger partial charge is 0.303 e. The highest BCUT2D eigenvalue weighted by Gasteiger charge is 2.67. The summed E-state index contributed by atoms with van der Waals surface area (Å²) in [6, 6.07) is 0.796. The quantitative estimate of drug-likeness (QED) is 0.315. The number of carbonyl (C=O) groups is 2. The second kappa shape index (κ2) is 10.8. The zero-order chi connectivity index (χ0) is 28.3. The SMILES string of the molecule is CC(=O)O[C@@H]1C[C@@H]2CC[C@H]3[C@@H](CC[C@@]4(C)[C@@H]3C[C@@H]([N+]3(C)CCCCC3)[C@@H]4OC(C)=O)[C@@]2(C)C[C@@H]1N1CCCCC1. The van der Waals surface area contributed by atoms with Crippen molar-refractivity contribution in [3.8, 4) is 0 Å². The van der Waals surface area contributed by atoms with Crippen LogP contribution in [0.5, 0.6) is 0 Å². The third kappa shape index (κ3) is 4.85. The highest BCUT2D eigenvalue weighted by atomic mass is 16.5. The van der Waals surface area contributed by atoms with Crippen molar-refractivity contribution in [1.29, 1.82) is 0 Å². The first-order valence-corrected chi connectivity index (χ1v) is 17.0. The number of nitrogens with zero attached hydrogens (tertiary/aromatic N) is 2. The van der Waals surface area contributed by atoms with Crippen molar-refractivity contribution >= 4 is 11.9 Å². The molecule has 0 amide bonds. The zero-order valence-electron chi connectivity index (χ0n) is 26.2. The number of fused-ring (bicyclic) bond motifs is 5. The van der Waals surface area contributed by atoms with Crippen LogP contribution < -0.4 is 0 Å². The van der Waals surface area contributed by atoms with E-state index in [1.54, 1.807) is 13.8 Å². The maximum atomic E-state index is 12.5. The monoisotopic (exact) mass is 557 g/mol. The Morgan fingerprint density at radius 2 is 1.48 bits per heavy atom. The molecule has 40 heavy (non-hydrogen) atoms. The van der Waals surface area contributed by atoms with E-state index in [0.29, 0.717) is 35.3 Å². The van der Waals surface area contributed by atoms with Crippen molar-refractivity contribution in [1.82, 2.24) is 4.90 Å². The number of carbonyl (C=O) groups excluding carboxylic acids is 2. The molecule has 2 saturated heterocycles. The molecule has 6 heteroatoms. The van der Waals surface area contributed by atoms with Gasteiger partial charge in [-0.1, -0.05) is 20.3 Å². The number of quaternary nitrogens is 1. The highest BCUT2D eigenvalue weighted by Crippen LogP contribution is 2.67. The zero-order valence-corrected chi connectivity index (χ0v) is 26.2. The molecule has 6 aliphatic rings. The lowest BCUT2D eigenvalue weighted by Crippen LogP contribution is -2.61. The van der Waals surface area contributed by atoms with E-state index in [-0.39, 0.29) is 29.6 Å². The molecular formula is C34H57N2O4+. The number of piperidine rings is 2. The Bertz CT molecular complexity index is 958. The lowest BCUT2D eigenvalue weighted by Gasteiger charge is -2.62. The molecule has 6 rings (SSSR count). The number of hydrogen-bond acceptors (Lipinski definition) is 5. The van der Waals surface area contributed by atoms with Gasteiger partial charge in [0, 0.05) is 31.7 Å². The fourth-order valence-corrected chi connectivity index (χ4v) is 11.7. The Labute approximate surface area is 243 Å². The van der Waals surface area contributed by atoms with E-state index in [9.17, 15) is 9.59 Å². The van der Waals surface area contributed by atoms with Crippen molar-refractivity contribution in [2.75, 3.05) is 33.2 Å². The third-order valence-electron chi connectivity index (χ3n) is 13.7. The molecule has 0 N–H and O–H groups in total. The van der Waals surface area contributed by atoms with Crippen molar-refractivity contribution in [2.24, 2.45) is 34.5 Å². The van der Waals surface area contributed by atoms with Gasteiger partial charge in [0.25, 0.3) is 0 Å². The lowest BCUT2D eigenvalue weighted by atomic mass is 9.44. The predicted octanol–water partition coefficient (Wildman–Crippen LogP) is 5.97. The van der Waals surface area contributed by atoms with Crippen LogP contribution in [0.15, 0.2) is 0 Å². The normalized spacial score (nSPS) is 46.9. The van der Waals surface area contributed by atoms with Crippen molar-refractivity contribution in [3.63, 3.8) is 0 Å². The highest BCUT2D eigenvalue weighted by molar-refractivity contribution is 5.66. The van der Waals surface area contributed by atoms with Crippen LogP contribution in [-0.2, 0) is 19.1 Å². The molecule has 0 bridgehead atoms. The van der Waals surface area contributed by atoms with Crippen LogP contribution in [0.3, 0.4) is 0 Å². The van der Waals surface area contributed by atoms with Gasteiger partial charge >= 0.3 is 11.9 Å². The topological polar surface area (TPSA) is 55.8 Å². The van der Waals surface area contributed by atoms with Crippen molar-refractivity contribution in [3.05, 3.63) is 0 Å². The lowest BCUT2D eigenvalue weighted by molar-refractivity contribution is -0.940. The van der Waals surface area contributed by atoms with Crippen LogP contribution in [0.4, 0.5) is 0 Å². The Hall–Kier alpha value is -1.14. The molecule has 0 unspecified atom stereocenters. The van der Waals surface area contributed by atoms with Gasteiger partial charge in [0.05, 0.1) is 20.1 Å². The summed E-state index contributed by atoms with van der Waals surface area (Å²) in [5, 5.41) is 0. The van der Waals surface area contributed by atoms with E-state index < -0.39 is 0 Å². The standard InChI is InChI=1S/C34H57N2O4/c1-23(37)39-31-20-25-12-13-26-27(34(25,4)22-29(31)35-16-8-6-9-17-35)14-15-33(3)28(26)21-30(32(33)40-24(2)38)36(5)18-10-7-11-19-36/h25-32H,6-22H2,1-5H3/q+1/t25-,26-,27+,28+,29-,30+,31+,32-,33-,34-/m0/s1. The van der Waals surface area contributed by atoms with Crippen LogP contribution in [0.25, 0.3) is 0 Å². The molecule has 226 valence electrons. The molecule has 2 heterocycles. The van der Waals surface area contributed by atoms with Crippen LogP contribution in [0.2, 0.25) is 0 Å². The molecule has 10 atom stereocenters. The van der Waals surface area contributed by atoms with E-state index in [2.05, 4.69) is 25.8 Å². The summed E-state index contributed by atoms with van der Waals surface area (Å²) in [7, 11) is 2.47. The van der Waals surface area contributed by atoms with E-state index in [4.69, 9.17) is 9.47 Å². The average molecular weight is 558 g/mol. The molecule has 0 spiro atoms. The number of hydrogen-bond donors (Lipinski definition) is 0. The summed E-state index contributed by atoms with van der Waals surface area (Å²) in [5.41, 5.74) is 0.377. The van der Waals surface area contributed by atoms with Gasteiger partial charge in [-0.15, -0.1) is 0 Å². The predicted molar refractivity (Wildman–Crippen MR) is 156 cm³/mol. The van der Waals surface area contributed by atoms with Crippen LogP contribution >= 0.6 is 0 Å². The Balaban J connectivity index is 1.29. The van der Waals surface area contributed by atoms with Gasteiger partial charge in [-0.05, 0) is 113 Å². The third-order valence-corrected chi connectivity index (χ3v) is 13.7. The summed E-state index contributed by atoms with van der Waals surface area (Å²) in [6.07, 6.45) is 16.3. The number of esters is 2. The van der Waals surface area contributed by atoms with Gasteiger partial charge < -0.3 is 14.0 Å². The number of ether oxygens (including phenoxy) is 2. The molecule has 2 aliphatic heterocycles.